The highest BCUT2D eigenvalue weighted by molar-refractivity contribution is 6.22. The molecule has 1 nitrogen and oxygen atoms in total. The number of benzene rings is 10. The van der Waals surface area contributed by atoms with Crippen molar-refractivity contribution in [1.29, 1.82) is 0 Å². The van der Waals surface area contributed by atoms with E-state index in [4.69, 9.17) is 0 Å². The van der Waals surface area contributed by atoms with Crippen molar-refractivity contribution in [2.45, 2.75) is 0 Å². The van der Waals surface area contributed by atoms with Crippen LogP contribution in [0.25, 0.3) is 77.2 Å². The summed E-state index contributed by atoms with van der Waals surface area (Å²) in [6.45, 7) is 0. The van der Waals surface area contributed by atoms with E-state index in [9.17, 15) is 0 Å². The maximum absolute atomic E-state index is 2.48. The molecule has 0 aliphatic rings. The van der Waals surface area contributed by atoms with Gasteiger partial charge in [0.15, 0.2) is 0 Å². The smallest absolute Gasteiger partial charge is 0.0624 e. The van der Waals surface area contributed by atoms with Gasteiger partial charge in [0.2, 0.25) is 0 Å². The van der Waals surface area contributed by atoms with Crippen LogP contribution in [0.1, 0.15) is 0 Å². The molecule has 0 amide bonds. The Morgan fingerprint density at radius 2 is 0.632 bits per heavy atom. The van der Waals surface area contributed by atoms with Crippen molar-refractivity contribution < 1.29 is 0 Å². The Kier molecular flexibility index (Phi) is 8.95. The van der Waals surface area contributed by atoms with Gasteiger partial charge in [-0.1, -0.05) is 212 Å². The zero-order valence-electron chi connectivity index (χ0n) is 31.5. The van der Waals surface area contributed by atoms with Crippen LogP contribution in [0, 0.1) is 0 Å². The van der Waals surface area contributed by atoms with Crippen molar-refractivity contribution in [2.75, 3.05) is 4.90 Å². The summed E-state index contributed by atoms with van der Waals surface area (Å²) in [5.41, 5.74) is 15.3. The summed E-state index contributed by atoms with van der Waals surface area (Å²) in [4.78, 5) is 2.48. The van der Waals surface area contributed by atoms with Crippen LogP contribution >= 0.6 is 0 Å². The molecule has 0 radical (unpaired) electrons. The summed E-state index contributed by atoms with van der Waals surface area (Å²) >= 11 is 0. The van der Waals surface area contributed by atoms with E-state index in [1.165, 1.54) is 77.2 Å². The molecule has 0 fully saturated rings. The highest BCUT2D eigenvalue weighted by Gasteiger charge is 2.24. The molecule has 0 aromatic heterocycles. The molecule has 0 heterocycles. The van der Waals surface area contributed by atoms with E-state index < -0.39 is 0 Å². The minimum atomic E-state index is 1.09. The summed E-state index contributed by atoms with van der Waals surface area (Å²) in [7, 11) is 0. The van der Waals surface area contributed by atoms with Gasteiger partial charge in [-0.3, -0.25) is 0 Å². The standard InChI is InChI=1S/C56H39N/c1-4-17-40(18-5-1)42-31-33-45(34-32-42)55-53-29-14-12-27-51(53)52-28-13-15-30-54(52)56(55)57(48-24-16-23-46(39-48)41-19-6-2-7-20-41)47-37-35-44(36-38-47)50-26-11-10-25-49(50)43-21-8-3-9-22-43/h1-39H. The van der Waals surface area contributed by atoms with Crippen molar-refractivity contribution in [3.63, 3.8) is 0 Å². The van der Waals surface area contributed by atoms with Gasteiger partial charge in [0.05, 0.1) is 5.69 Å². The van der Waals surface area contributed by atoms with Gasteiger partial charge in [0, 0.05) is 22.3 Å². The Labute approximate surface area is 334 Å². The fourth-order valence-corrected chi connectivity index (χ4v) is 8.36. The van der Waals surface area contributed by atoms with E-state index in [0.717, 1.165) is 17.1 Å². The molecule has 57 heavy (non-hydrogen) atoms. The highest BCUT2D eigenvalue weighted by Crippen LogP contribution is 2.50. The van der Waals surface area contributed by atoms with Gasteiger partial charge in [0.1, 0.15) is 0 Å². The molecule has 10 rings (SSSR count). The molecule has 268 valence electrons. The molecule has 0 saturated heterocycles. The molecular formula is C56H39N. The lowest BCUT2D eigenvalue weighted by atomic mass is 9.89. The second kappa shape index (κ2) is 15.0. The SMILES string of the molecule is c1ccc(-c2ccc(-c3c(N(c4ccc(-c5ccccc5-c5ccccc5)cc4)c4cccc(-c5ccccc5)c4)c4ccccc4c4ccccc34)cc2)cc1. The quantitative estimate of drug-likeness (QED) is 0.141. The van der Waals surface area contributed by atoms with E-state index in [2.05, 4.69) is 241 Å². The lowest BCUT2D eigenvalue weighted by Crippen LogP contribution is -2.12. The molecular weight excluding hydrogens is 687 g/mol. The minimum absolute atomic E-state index is 1.09. The number of rotatable bonds is 8. The van der Waals surface area contributed by atoms with Crippen molar-refractivity contribution in [2.24, 2.45) is 0 Å². The number of nitrogens with zero attached hydrogens (tertiary/aromatic N) is 1. The zero-order chi connectivity index (χ0) is 38.0. The van der Waals surface area contributed by atoms with Gasteiger partial charge in [-0.25, -0.2) is 0 Å². The van der Waals surface area contributed by atoms with E-state index in [1.807, 2.05) is 0 Å². The molecule has 0 saturated carbocycles. The van der Waals surface area contributed by atoms with Crippen LogP contribution in [-0.2, 0) is 0 Å². The third-order valence-electron chi connectivity index (χ3n) is 11.1. The predicted molar refractivity (Wildman–Crippen MR) is 243 cm³/mol. The summed E-state index contributed by atoms with van der Waals surface area (Å²) < 4.78 is 0. The Hall–Kier alpha value is -7.48. The maximum atomic E-state index is 2.48. The first-order valence-electron chi connectivity index (χ1n) is 19.6. The Morgan fingerprint density at radius 3 is 1.25 bits per heavy atom. The molecule has 0 aliphatic heterocycles. The highest BCUT2D eigenvalue weighted by atomic mass is 15.1. The molecule has 0 bridgehead atoms. The third kappa shape index (κ3) is 6.46. The third-order valence-corrected chi connectivity index (χ3v) is 11.1. The van der Waals surface area contributed by atoms with E-state index in [1.54, 1.807) is 0 Å². The van der Waals surface area contributed by atoms with E-state index in [-0.39, 0.29) is 0 Å². The van der Waals surface area contributed by atoms with Crippen LogP contribution in [0.5, 0.6) is 0 Å². The first kappa shape index (κ1) is 34.0. The van der Waals surface area contributed by atoms with E-state index >= 15 is 0 Å². The topological polar surface area (TPSA) is 3.24 Å². The molecule has 0 N–H and O–H groups in total. The normalized spacial score (nSPS) is 11.2. The molecule has 0 unspecified atom stereocenters. The summed E-state index contributed by atoms with van der Waals surface area (Å²) in [5.74, 6) is 0. The number of hydrogen-bond acceptors (Lipinski definition) is 1. The Balaban J connectivity index is 1.23. The fraction of sp³-hybridized carbons (Fsp3) is 0. The zero-order valence-corrected chi connectivity index (χ0v) is 31.5. The van der Waals surface area contributed by atoms with Crippen LogP contribution in [0.3, 0.4) is 0 Å². The van der Waals surface area contributed by atoms with E-state index in [0.29, 0.717) is 0 Å². The average molecular weight is 726 g/mol. The van der Waals surface area contributed by atoms with Gasteiger partial charge < -0.3 is 4.90 Å². The molecule has 10 aromatic carbocycles. The summed E-state index contributed by atoms with van der Waals surface area (Å²) in [5, 5.41) is 4.88. The molecule has 0 aliphatic carbocycles. The van der Waals surface area contributed by atoms with Crippen LogP contribution in [0.4, 0.5) is 17.1 Å². The second-order valence-electron chi connectivity index (χ2n) is 14.5. The van der Waals surface area contributed by atoms with Crippen molar-refractivity contribution >= 4 is 38.6 Å². The van der Waals surface area contributed by atoms with Gasteiger partial charge in [-0.15, -0.1) is 0 Å². The minimum Gasteiger partial charge on any atom is -0.309 e. The largest absolute Gasteiger partial charge is 0.309 e. The Bertz CT molecular complexity index is 2970. The maximum Gasteiger partial charge on any atom is 0.0624 e. The van der Waals surface area contributed by atoms with Gasteiger partial charge >= 0.3 is 0 Å². The number of fused-ring (bicyclic) bond motifs is 3. The van der Waals surface area contributed by atoms with Gasteiger partial charge in [-0.2, -0.15) is 0 Å². The van der Waals surface area contributed by atoms with Crippen LogP contribution in [-0.4, -0.2) is 0 Å². The summed E-state index contributed by atoms with van der Waals surface area (Å²) in [6, 6.07) is 85.7. The first-order valence-corrected chi connectivity index (χ1v) is 19.6. The molecule has 0 atom stereocenters. The lowest BCUT2D eigenvalue weighted by Gasteiger charge is -2.31. The van der Waals surface area contributed by atoms with Crippen molar-refractivity contribution in [3.8, 4) is 55.6 Å². The molecule has 1 heteroatoms. The fourth-order valence-electron chi connectivity index (χ4n) is 8.36. The monoisotopic (exact) mass is 725 g/mol. The van der Waals surface area contributed by atoms with Crippen molar-refractivity contribution in [1.82, 2.24) is 0 Å². The van der Waals surface area contributed by atoms with Gasteiger partial charge in [-0.05, 0) is 90.5 Å². The lowest BCUT2D eigenvalue weighted by molar-refractivity contribution is 1.30. The van der Waals surface area contributed by atoms with Crippen LogP contribution in [0.2, 0.25) is 0 Å². The number of anilines is 3. The van der Waals surface area contributed by atoms with Crippen molar-refractivity contribution in [3.05, 3.63) is 237 Å². The molecule has 10 aromatic rings. The Morgan fingerprint density at radius 1 is 0.228 bits per heavy atom. The van der Waals surface area contributed by atoms with Crippen LogP contribution in [0.15, 0.2) is 237 Å². The van der Waals surface area contributed by atoms with Crippen LogP contribution < -0.4 is 4.90 Å². The molecule has 0 spiro atoms. The predicted octanol–water partition coefficient (Wildman–Crippen LogP) is 15.8. The first-order chi connectivity index (χ1) is 28.3. The van der Waals surface area contributed by atoms with Gasteiger partial charge in [0.25, 0.3) is 0 Å². The second-order valence-corrected chi connectivity index (χ2v) is 14.5. The average Bonchev–Trinajstić information content (AvgIpc) is 3.30. The number of hydrogen-bond donors (Lipinski definition) is 0. The summed E-state index contributed by atoms with van der Waals surface area (Å²) in [6.07, 6.45) is 0.